The standard InChI is InChI=1S/C16H30N2O3/c1-5-10(6-2)12(19)9-18-14(20)16(17)11-7-8-21-13(11)15(16,3)4/h10-13,19H,5-9,17H2,1-4H3,(H,18,20). The van der Waals surface area contributed by atoms with Gasteiger partial charge in [0.05, 0.1) is 12.2 Å². The molecule has 21 heavy (non-hydrogen) atoms. The molecule has 1 aliphatic carbocycles. The third-order valence-electron chi connectivity index (χ3n) is 5.89. The van der Waals surface area contributed by atoms with Crippen LogP contribution >= 0.6 is 0 Å². The molecular weight excluding hydrogens is 268 g/mol. The largest absolute Gasteiger partial charge is 0.391 e. The van der Waals surface area contributed by atoms with E-state index >= 15 is 0 Å². The lowest BCUT2D eigenvalue weighted by atomic mass is 9.48. The summed E-state index contributed by atoms with van der Waals surface area (Å²) >= 11 is 0. The van der Waals surface area contributed by atoms with E-state index in [1.165, 1.54) is 0 Å². The van der Waals surface area contributed by atoms with E-state index in [4.69, 9.17) is 10.5 Å². The predicted octanol–water partition coefficient (Wildman–Crippen LogP) is 1.04. The van der Waals surface area contributed by atoms with Gasteiger partial charge in [-0.15, -0.1) is 0 Å². The minimum absolute atomic E-state index is 0.0807. The summed E-state index contributed by atoms with van der Waals surface area (Å²) in [7, 11) is 0. The molecule has 0 aromatic heterocycles. The van der Waals surface area contributed by atoms with Crippen molar-refractivity contribution in [3.05, 3.63) is 0 Å². The molecule has 0 spiro atoms. The van der Waals surface area contributed by atoms with E-state index in [-0.39, 0.29) is 35.8 Å². The Morgan fingerprint density at radius 1 is 1.43 bits per heavy atom. The molecule has 0 radical (unpaired) electrons. The molecule has 1 heterocycles. The van der Waals surface area contributed by atoms with Crippen LogP contribution in [0.25, 0.3) is 0 Å². The maximum absolute atomic E-state index is 12.6. The Morgan fingerprint density at radius 2 is 2.05 bits per heavy atom. The Labute approximate surface area is 127 Å². The van der Waals surface area contributed by atoms with Crippen LogP contribution in [0.5, 0.6) is 0 Å². The van der Waals surface area contributed by atoms with Crippen molar-refractivity contribution in [2.75, 3.05) is 13.2 Å². The lowest BCUT2D eigenvalue weighted by Crippen LogP contribution is -2.80. The third-order valence-corrected chi connectivity index (χ3v) is 5.89. The summed E-state index contributed by atoms with van der Waals surface area (Å²) in [4.78, 5) is 12.6. The van der Waals surface area contributed by atoms with Crippen LogP contribution in [-0.4, -0.2) is 41.9 Å². The lowest BCUT2D eigenvalue weighted by molar-refractivity contribution is -0.175. The van der Waals surface area contributed by atoms with E-state index in [2.05, 4.69) is 19.2 Å². The Hall–Kier alpha value is -0.650. The van der Waals surface area contributed by atoms with Crippen molar-refractivity contribution in [2.24, 2.45) is 23.0 Å². The molecule has 1 saturated carbocycles. The summed E-state index contributed by atoms with van der Waals surface area (Å²) in [5, 5.41) is 13.0. The van der Waals surface area contributed by atoms with E-state index in [1.807, 2.05) is 13.8 Å². The monoisotopic (exact) mass is 298 g/mol. The van der Waals surface area contributed by atoms with Crippen LogP contribution in [-0.2, 0) is 9.53 Å². The second-order valence-electron chi connectivity index (χ2n) is 7.13. The van der Waals surface area contributed by atoms with Gasteiger partial charge in [-0.1, -0.05) is 40.5 Å². The van der Waals surface area contributed by atoms with E-state index in [0.29, 0.717) is 6.61 Å². The third kappa shape index (κ3) is 2.39. The Balaban J connectivity index is 1.97. The summed E-state index contributed by atoms with van der Waals surface area (Å²) in [6.07, 6.45) is 2.23. The fraction of sp³-hybridized carbons (Fsp3) is 0.938. The SMILES string of the molecule is CCC(CC)C(O)CNC(=O)C1(N)C2CCOC2C1(C)C. The molecule has 1 saturated heterocycles. The first kappa shape index (κ1) is 16.7. The summed E-state index contributed by atoms with van der Waals surface area (Å²) in [5.74, 6) is 0.165. The number of carbonyl (C=O) groups is 1. The fourth-order valence-electron chi connectivity index (χ4n) is 4.19. The molecule has 4 unspecified atom stereocenters. The quantitative estimate of drug-likeness (QED) is 0.684. The van der Waals surface area contributed by atoms with E-state index in [0.717, 1.165) is 19.3 Å². The fourth-order valence-corrected chi connectivity index (χ4v) is 4.19. The van der Waals surface area contributed by atoms with Gasteiger partial charge in [-0.25, -0.2) is 0 Å². The zero-order chi connectivity index (χ0) is 15.8. The van der Waals surface area contributed by atoms with Gasteiger partial charge in [0.15, 0.2) is 0 Å². The van der Waals surface area contributed by atoms with Crippen LogP contribution in [0, 0.1) is 17.3 Å². The van der Waals surface area contributed by atoms with Crippen LogP contribution in [0.15, 0.2) is 0 Å². The Morgan fingerprint density at radius 3 is 2.62 bits per heavy atom. The van der Waals surface area contributed by atoms with Gasteiger partial charge in [0.25, 0.3) is 0 Å². The highest BCUT2D eigenvalue weighted by Gasteiger charge is 2.71. The molecule has 2 aliphatic rings. The molecule has 0 aromatic carbocycles. The normalized spacial score (nSPS) is 35.2. The summed E-state index contributed by atoms with van der Waals surface area (Å²) < 4.78 is 5.70. The number of fused-ring (bicyclic) bond motifs is 1. The number of nitrogens with one attached hydrogen (secondary N) is 1. The topological polar surface area (TPSA) is 84.6 Å². The average Bonchev–Trinajstić information content (AvgIpc) is 2.93. The van der Waals surface area contributed by atoms with Gasteiger partial charge < -0.3 is 20.9 Å². The second-order valence-corrected chi connectivity index (χ2v) is 7.13. The van der Waals surface area contributed by atoms with Gasteiger partial charge in [-0.2, -0.15) is 0 Å². The molecule has 2 fully saturated rings. The van der Waals surface area contributed by atoms with Crippen molar-refractivity contribution in [1.29, 1.82) is 0 Å². The van der Waals surface area contributed by atoms with Gasteiger partial charge in [0.2, 0.25) is 5.91 Å². The maximum Gasteiger partial charge on any atom is 0.241 e. The molecule has 1 amide bonds. The van der Waals surface area contributed by atoms with E-state index < -0.39 is 11.6 Å². The minimum atomic E-state index is -0.887. The summed E-state index contributed by atoms with van der Waals surface area (Å²) in [5.41, 5.74) is 5.21. The first-order valence-electron chi connectivity index (χ1n) is 8.17. The number of amides is 1. The molecule has 4 atom stereocenters. The van der Waals surface area contributed by atoms with Crippen LogP contribution in [0.4, 0.5) is 0 Å². The van der Waals surface area contributed by atoms with Crippen LogP contribution in [0.1, 0.15) is 47.0 Å². The number of ether oxygens (including phenoxy) is 1. The molecule has 0 aromatic rings. The number of aliphatic hydroxyl groups excluding tert-OH is 1. The van der Waals surface area contributed by atoms with Crippen molar-refractivity contribution >= 4 is 5.91 Å². The van der Waals surface area contributed by atoms with Gasteiger partial charge in [-0.3, -0.25) is 4.79 Å². The highest BCUT2D eigenvalue weighted by molar-refractivity contribution is 5.89. The molecule has 2 rings (SSSR count). The molecule has 0 bridgehead atoms. The van der Waals surface area contributed by atoms with Gasteiger partial charge in [0, 0.05) is 24.5 Å². The van der Waals surface area contributed by atoms with Crippen molar-refractivity contribution in [3.8, 4) is 0 Å². The van der Waals surface area contributed by atoms with Gasteiger partial charge >= 0.3 is 0 Å². The highest BCUT2D eigenvalue weighted by Crippen LogP contribution is 2.58. The molecule has 5 heteroatoms. The summed E-state index contributed by atoms with van der Waals surface area (Å²) in [6.45, 7) is 9.06. The molecule has 1 aliphatic heterocycles. The van der Waals surface area contributed by atoms with E-state index in [1.54, 1.807) is 0 Å². The minimum Gasteiger partial charge on any atom is -0.391 e. The smallest absolute Gasteiger partial charge is 0.241 e. The molecular formula is C16H30N2O3. The number of carbonyl (C=O) groups excluding carboxylic acids is 1. The maximum atomic E-state index is 12.6. The highest BCUT2D eigenvalue weighted by atomic mass is 16.5. The zero-order valence-electron chi connectivity index (χ0n) is 13.7. The second kappa shape index (κ2) is 5.86. The molecule has 5 nitrogen and oxygen atoms in total. The number of hydrogen-bond acceptors (Lipinski definition) is 4. The first-order valence-corrected chi connectivity index (χ1v) is 8.17. The summed E-state index contributed by atoms with van der Waals surface area (Å²) in [6, 6.07) is 0. The zero-order valence-corrected chi connectivity index (χ0v) is 13.7. The molecule has 122 valence electrons. The molecule has 4 N–H and O–H groups in total. The van der Waals surface area contributed by atoms with Crippen molar-refractivity contribution in [1.82, 2.24) is 5.32 Å². The number of aliphatic hydroxyl groups is 1. The van der Waals surface area contributed by atoms with Crippen molar-refractivity contribution in [3.63, 3.8) is 0 Å². The van der Waals surface area contributed by atoms with Crippen molar-refractivity contribution < 1.29 is 14.6 Å². The van der Waals surface area contributed by atoms with E-state index in [9.17, 15) is 9.90 Å². The van der Waals surface area contributed by atoms with Gasteiger partial charge in [0.1, 0.15) is 5.54 Å². The van der Waals surface area contributed by atoms with Crippen molar-refractivity contribution in [2.45, 2.75) is 64.7 Å². The lowest BCUT2D eigenvalue weighted by Gasteiger charge is -2.60. The first-order chi connectivity index (χ1) is 9.80. The Bertz CT molecular complexity index is 395. The predicted molar refractivity (Wildman–Crippen MR) is 81.6 cm³/mol. The number of nitrogens with two attached hydrogens (primary N) is 1. The number of rotatable bonds is 6. The van der Waals surface area contributed by atoms with Crippen LogP contribution in [0.2, 0.25) is 0 Å². The van der Waals surface area contributed by atoms with Crippen LogP contribution < -0.4 is 11.1 Å². The number of hydrogen-bond donors (Lipinski definition) is 3. The Kier molecular flexibility index (Phi) is 4.66. The van der Waals surface area contributed by atoms with Crippen LogP contribution in [0.3, 0.4) is 0 Å². The average molecular weight is 298 g/mol. The van der Waals surface area contributed by atoms with Gasteiger partial charge in [-0.05, 0) is 12.3 Å².